The summed E-state index contributed by atoms with van der Waals surface area (Å²) < 4.78 is 73.0. The molecule has 0 radical (unpaired) electrons. The molecule has 0 aromatic carbocycles. The van der Waals surface area contributed by atoms with E-state index in [1.54, 1.807) is 0 Å². The fourth-order valence-electron chi connectivity index (χ4n) is 0.432. The van der Waals surface area contributed by atoms with Crippen LogP contribution in [0.2, 0.25) is 0 Å². The number of hydrogen-bond acceptors (Lipinski definition) is 3. The van der Waals surface area contributed by atoms with Gasteiger partial charge in [0, 0.05) is 0 Å². The van der Waals surface area contributed by atoms with Crippen LogP contribution in [0.25, 0.3) is 0 Å². The lowest BCUT2D eigenvalue weighted by atomic mass is 10.4. The van der Waals surface area contributed by atoms with Crippen molar-refractivity contribution < 1.29 is 40.7 Å². The summed E-state index contributed by atoms with van der Waals surface area (Å²) in [7, 11) is 0. The predicted molar refractivity (Wildman–Crippen MR) is 32.7 cm³/mol. The molecule has 0 heterocycles. The summed E-state index contributed by atoms with van der Waals surface area (Å²) in [6.07, 6.45) is -7.18. The smallest absolute Gasteiger partial charge is 0.388 e. The summed E-state index contributed by atoms with van der Waals surface area (Å²) in [6.45, 7) is -2.45. The van der Waals surface area contributed by atoms with Crippen molar-refractivity contribution in [3.63, 3.8) is 0 Å². The van der Waals surface area contributed by atoms with E-state index in [-0.39, 0.29) is 0 Å². The van der Waals surface area contributed by atoms with Crippen molar-refractivity contribution in [1.82, 2.24) is 0 Å². The molecular weight excluding hydrogens is 234 g/mol. The lowest BCUT2D eigenvalue weighted by Gasteiger charge is -2.10. The minimum atomic E-state index is -4.98. The minimum Gasteiger partial charge on any atom is -0.388 e. The van der Waals surface area contributed by atoms with Crippen LogP contribution in [0.5, 0.6) is 0 Å². The lowest BCUT2D eigenvalue weighted by molar-refractivity contribution is -0.189. The van der Waals surface area contributed by atoms with Crippen molar-refractivity contribution in [2.75, 3.05) is 6.67 Å². The number of esters is 2. The molecule has 88 valence electrons. The zero-order valence-corrected chi connectivity index (χ0v) is 6.91. The Morgan fingerprint density at radius 3 is 1.87 bits per heavy atom. The number of halogens is 6. The first-order valence-corrected chi connectivity index (χ1v) is 3.34. The van der Waals surface area contributed by atoms with Gasteiger partial charge in [-0.25, -0.2) is 9.18 Å². The maximum Gasteiger partial charge on any atom is 0.399 e. The molecule has 0 spiro atoms. The Kier molecular flexibility index (Phi) is 4.11. The van der Waals surface area contributed by atoms with Gasteiger partial charge in [-0.15, -0.1) is 0 Å². The van der Waals surface area contributed by atoms with Gasteiger partial charge < -0.3 is 4.74 Å². The monoisotopic (exact) mass is 238 g/mol. The van der Waals surface area contributed by atoms with Crippen molar-refractivity contribution in [3.8, 4) is 0 Å². The van der Waals surface area contributed by atoms with Gasteiger partial charge >= 0.3 is 24.0 Å². The molecule has 0 aliphatic heterocycles. The van der Waals surface area contributed by atoms with Crippen LogP contribution in [0.4, 0.5) is 26.3 Å². The van der Waals surface area contributed by atoms with Gasteiger partial charge in [0.15, 0.2) is 6.67 Å². The molecule has 0 saturated carbocycles. The second kappa shape index (κ2) is 4.49. The molecule has 0 bridgehead atoms. The Hall–Kier alpha value is -1.28. The van der Waals surface area contributed by atoms with E-state index in [4.69, 9.17) is 0 Å². The Balaban J connectivity index is 4.26. The molecule has 3 nitrogen and oxygen atoms in total. The first-order chi connectivity index (χ1) is 6.58. The van der Waals surface area contributed by atoms with Crippen LogP contribution in [0.1, 0.15) is 6.42 Å². The first-order valence-electron chi connectivity index (χ1n) is 3.34. The van der Waals surface area contributed by atoms with E-state index in [2.05, 4.69) is 4.74 Å². The highest BCUT2D eigenvalue weighted by molar-refractivity contribution is 5.89. The van der Waals surface area contributed by atoms with Gasteiger partial charge in [-0.05, 0) is 0 Å². The van der Waals surface area contributed by atoms with E-state index >= 15 is 0 Å². The summed E-state index contributed by atoms with van der Waals surface area (Å²) in [4.78, 5) is 20.4. The number of ether oxygens (including phenoxy) is 1. The van der Waals surface area contributed by atoms with Crippen molar-refractivity contribution >= 4 is 11.9 Å². The zero-order chi connectivity index (χ0) is 12.3. The van der Waals surface area contributed by atoms with Crippen molar-refractivity contribution in [3.05, 3.63) is 0 Å². The van der Waals surface area contributed by atoms with Crippen LogP contribution in [0.15, 0.2) is 0 Å². The van der Waals surface area contributed by atoms with E-state index in [0.717, 1.165) is 0 Å². The fourth-order valence-corrected chi connectivity index (χ4v) is 0.432. The van der Waals surface area contributed by atoms with Crippen LogP contribution in [-0.2, 0) is 14.3 Å². The number of alkyl halides is 6. The highest BCUT2D eigenvalue weighted by Crippen LogP contribution is 2.21. The van der Waals surface area contributed by atoms with E-state index < -0.39 is 37.1 Å². The number of rotatable bonds is 3. The second-order valence-electron chi connectivity index (χ2n) is 2.39. The molecule has 0 unspecified atom stereocenters. The van der Waals surface area contributed by atoms with E-state index in [0.29, 0.717) is 0 Å². The molecular formula is C6H4F6O3. The maximum absolute atomic E-state index is 12.1. The molecule has 0 aromatic heterocycles. The highest BCUT2D eigenvalue weighted by atomic mass is 19.4. The largest absolute Gasteiger partial charge is 0.399 e. The Labute approximate surface area is 79.0 Å². The molecule has 0 aromatic rings. The molecule has 0 aliphatic carbocycles. The zero-order valence-electron chi connectivity index (χ0n) is 6.91. The topological polar surface area (TPSA) is 43.4 Å². The molecule has 0 saturated heterocycles. The third kappa shape index (κ3) is 5.23. The predicted octanol–water partition coefficient (Wildman–Crippen LogP) is 1.61. The molecule has 9 heteroatoms. The van der Waals surface area contributed by atoms with E-state index in [9.17, 15) is 35.9 Å². The fraction of sp³-hybridized carbons (Fsp3) is 0.667. The minimum absolute atomic E-state index is 2.19. The summed E-state index contributed by atoms with van der Waals surface area (Å²) in [5.74, 6) is -9.46. The number of carbonyl (C=O) groups excluding carboxylic acids is 2. The van der Waals surface area contributed by atoms with Gasteiger partial charge in [-0.1, -0.05) is 0 Å². The number of hydrogen-bond donors (Lipinski definition) is 0. The average Bonchev–Trinajstić information content (AvgIpc) is 2.00. The van der Waals surface area contributed by atoms with E-state index in [1.807, 2.05) is 0 Å². The Morgan fingerprint density at radius 1 is 1.07 bits per heavy atom. The summed E-state index contributed by atoms with van der Waals surface area (Å²) >= 11 is 0. The van der Waals surface area contributed by atoms with E-state index in [1.165, 1.54) is 0 Å². The van der Waals surface area contributed by atoms with Gasteiger partial charge in [0.05, 0.1) is 0 Å². The molecule has 0 atom stereocenters. The lowest BCUT2D eigenvalue weighted by Crippen LogP contribution is -2.35. The van der Waals surface area contributed by atoms with Crippen molar-refractivity contribution in [1.29, 1.82) is 0 Å². The van der Waals surface area contributed by atoms with Crippen molar-refractivity contribution in [2.24, 2.45) is 0 Å². The van der Waals surface area contributed by atoms with Crippen LogP contribution in [0, 0.1) is 0 Å². The highest BCUT2D eigenvalue weighted by Gasteiger charge is 2.43. The second-order valence-corrected chi connectivity index (χ2v) is 2.39. The molecule has 0 aliphatic rings. The SMILES string of the molecule is O=C(CC(F)(F)F)OC(=O)C(F)(F)CF. The van der Waals surface area contributed by atoms with Gasteiger partial charge in [-0.2, -0.15) is 22.0 Å². The summed E-state index contributed by atoms with van der Waals surface area (Å²) in [6, 6.07) is 0. The normalized spacial score (nSPS) is 12.4. The van der Waals surface area contributed by atoms with Gasteiger partial charge in [-0.3, -0.25) is 4.79 Å². The average molecular weight is 238 g/mol. The molecule has 15 heavy (non-hydrogen) atoms. The third-order valence-corrected chi connectivity index (χ3v) is 1.02. The summed E-state index contributed by atoms with van der Waals surface area (Å²) in [5.41, 5.74) is 0. The Morgan fingerprint density at radius 2 is 1.53 bits per heavy atom. The van der Waals surface area contributed by atoms with Crippen LogP contribution < -0.4 is 0 Å². The Bertz CT molecular complexity index is 258. The van der Waals surface area contributed by atoms with Crippen LogP contribution >= 0.6 is 0 Å². The molecule has 0 N–H and O–H groups in total. The van der Waals surface area contributed by atoms with Gasteiger partial charge in [0.25, 0.3) is 0 Å². The molecule has 0 rings (SSSR count). The quantitative estimate of drug-likeness (QED) is 0.426. The van der Waals surface area contributed by atoms with Crippen LogP contribution in [0.3, 0.4) is 0 Å². The van der Waals surface area contributed by atoms with Gasteiger partial charge in [0.1, 0.15) is 6.42 Å². The number of carbonyl (C=O) groups is 2. The third-order valence-electron chi connectivity index (χ3n) is 1.02. The standard InChI is InChI=1S/C6H4F6O3/c7-2-5(8,9)4(14)15-3(13)1-6(10,11)12/h1-2H2. The molecule has 0 fully saturated rings. The van der Waals surface area contributed by atoms with Crippen LogP contribution in [-0.4, -0.2) is 30.7 Å². The summed E-state index contributed by atoms with van der Waals surface area (Å²) in [5, 5.41) is 0. The van der Waals surface area contributed by atoms with Gasteiger partial charge in [0.2, 0.25) is 0 Å². The van der Waals surface area contributed by atoms with Crippen molar-refractivity contribution in [2.45, 2.75) is 18.5 Å². The maximum atomic E-state index is 12.1. The molecule has 0 amide bonds. The first kappa shape index (κ1) is 13.7.